The zero-order valence-corrected chi connectivity index (χ0v) is 9.13. The van der Waals surface area contributed by atoms with Crippen molar-refractivity contribution in [2.24, 2.45) is 5.73 Å². The average Bonchev–Trinajstić information content (AvgIpc) is 1.83. The first-order valence-corrected chi connectivity index (χ1v) is 4.35. The van der Waals surface area contributed by atoms with Crippen molar-refractivity contribution >= 4 is 6.09 Å². The molecule has 0 aromatic rings. The van der Waals surface area contributed by atoms with E-state index in [0.29, 0.717) is 0 Å². The van der Waals surface area contributed by atoms with Gasteiger partial charge in [0.05, 0.1) is 6.10 Å². The first kappa shape index (κ1) is 14.7. The topological polar surface area (TPSA) is 72.5 Å². The van der Waals surface area contributed by atoms with Crippen LogP contribution < -0.4 is 5.73 Å². The highest BCUT2D eigenvalue weighted by Crippen LogP contribution is 2.04. The lowest BCUT2D eigenvalue weighted by Crippen LogP contribution is -2.27. The van der Waals surface area contributed by atoms with Gasteiger partial charge in [0.1, 0.15) is 5.60 Å². The van der Waals surface area contributed by atoms with E-state index in [0.717, 1.165) is 6.42 Å². The Morgan fingerprint density at radius 2 is 1.85 bits per heavy atom. The second-order valence-electron chi connectivity index (χ2n) is 3.79. The van der Waals surface area contributed by atoms with E-state index in [2.05, 4.69) is 4.74 Å². The van der Waals surface area contributed by atoms with Crippen LogP contribution in [0.2, 0.25) is 0 Å². The Kier molecular flexibility index (Phi) is 7.61. The van der Waals surface area contributed by atoms with Crippen LogP contribution in [0.4, 0.5) is 4.79 Å². The molecular formula is C9H21NO3. The molecule has 0 aromatic carbocycles. The zero-order valence-electron chi connectivity index (χ0n) is 9.13. The van der Waals surface area contributed by atoms with Gasteiger partial charge in [-0.2, -0.15) is 0 Å². The van der Waals surface area contributed by atoms with Crippen LogP contribution in [0, 0.1) is 0 Å². The number of aliphatic hydroxyl groups is 1. The largest absolute Gasteiger partial charge is 0.444 e. The molecule has 3 N–H and O–H groups in total. The van der Waals surface area contributed by atoms with Crippen molar-refractivity contribution in [1.29, 1.82) is 0 Å². The predicted octanol–water partition coefficient (Wildman–Crippen LogP) is 1.66. The highest BCUT2D eigenvalue weighted by molar-refractivity contribution is 5.65. The highest BCUT2D eigenvalue weighted by atomic mass is 16.6. The number of carbonyl (C=O) groups excluding carboxylic acids is 1. The molecule has 1 unspecified atom stereocenters. The average molecular weight is 191 g/mol. The number of ether oxygens (including phenoxy) is 1. The van der Waals surface area contributed by atoms with Gasteiger partial charge in [-0.1, -0.05) is 6.92 Å². The molecule has 0 rings (SSSR count). The van der Waals surface area contributed by atoms with Gasteiger partial charge in [0.25, 0.3) is 0 Å². The number of hydrogen-bond acceptors (Lipinski definition) is 3. The van der Waals surface area contributed by atoms with Gasteiger partial charge in [-0.3, -0.25) is 0 Å². The van der Waals surface area contributed by atoms with Crippen LogP contribution in [0.15, 0.2) is 0 Å². The number of rotatable bonds is 1. The van der Waals surface area contributed by atoms with Gasteiger partial charge < -0.3 is 15.6 Å². The monoisotopic (exact) mass is 191 g/mol. The number of hydrogen-bond donors (Lipinski definition) is 2. The standard InChI is InChI=1S/C5H11NO2.C4H10O/c1-5(2,3)8-4(6)7;1-3-4(2)5/h1-3H3,(H2,6,7);4-5H,3H2,1-2H3. The van der Waals surface area contributed by atoms with Gasteiger partial charge in [-0.05, 0) is 34.1 Å². The molecule has 0 saturated heterocycles. The molecule has 0 bridgehead atoms. The van der Waals surface area contributed by atoms with Gasteiger partial charge in [0, 0.05) is 0 Å². The lowest BCUT2D eigenvalue weighted by atomic mass is 10.2. The van der Waals surface area contributed by atoms with E-state index in [9.17, 15) is 4.79 Å². The molecule has 1 amide bonds. The van der Waals surface area contributed by atoms with Crippen LogP contribution in [0.1, 0.15) is 41.0 Å². The summed E-state index contributed by atoms with van der Waals surface area (Å²) in [6.07, 6.45) is 0.0208. The Bertz CT molecular complexity index is 138. The summed E-state index contributed by atoms with van der Waals surface area (Å²) in [7, 11) is 0. The van der Waals surface area contributed by atoms with E-state index in [1.165, 1.54) is 0 Å². The van der Waals surface area contributed by atoms with E-state index in [1.54, 1.807) is 27.7 Å². The van der Waals surface area contributed by atoms with Gasteiger partial charge in [-0.15, -0.1) is 0 Å². The summed E-state index contributed by atoms with van der Waals surface area (Å²) in [6, 6.07) is 0. The molecule has 0 fully saturated rings. The Labute approximate surface area is 80.1 Å². The lowest BCUT2D eigenvalue weighted by Gasteiger charge is -2.16. The minimum absolute atomic E-state index is 0.116. The number of nitrogens with two attached hydrogens (primary N) is 1. The molecule has 0 aliphatic heterocycles. The van der Waals surface area contributed by atoms with Crippen LogP contribution >= 0.6 is 0 Å². The predicted molar refractivity (Wildman–Crippen MR) is 52.4 cm³/mol. The molecule has 80 valence electrons. The van der Waals surface area contributed by atoms with Crippen molar-refractivity contribution in [2.45, 2.75) is 52.7 Å². The summed E-state index contributed by atoms with van der Waals surface area (Å²) >= 11 is 0. The molecular weight excluding hydrogens is 170 g/mol. The Hall–Kier alpha value is -0.770. The van der Waals surface area contributed by atoms with Crippen LogP contribution in [0.3, 0.4) is 0 Å². The van der Waals surface area contributed by atoms with E-state index in [-0.39, 0.29) is 6.10 Å². The molecule has 0 aliphatic carbocycles. The molecule has 13 heavy (non-hydrogen) atoms. The van der Waals surface area contributed by atoms with Gasteiger partial charge in [-0.25, -0.2) is 4.79 Å². The molecule has 4 nitrogen and oxygen atoms in total. The molecule has 0 heterocycles. The maximum Gasteiger partial charge on any atom is 0.405 e. The van der Waals surface area contributed by atoms with Gasteiger partial charge >= 0.3 is 6.09 Å². The third-order valence-corrected chi connectivity index (χ3v) is 0.998. The van der Waals surface area contributed by atoms with Crippen molar-refractivity contribution in [1.82, 2.24) is 0 Å². The molecule has 0 saturated carbocycles. The van der Waals surface area contributed by atoms with Crippen molar-refractivity contribution in [3.05, 3.63) is 0 Å². The minimum Gasteiger partial charge on any atom is -0.444 e. The lowest BCUT2D eigenvalue weighted by molar-refractivity contribution is 0.0600. The number of aliphatic hydroxyl groups excluding tert-OH is 1. The van der Waals surface area contributed by atoms with Crippen LogP contribution in [0.25, 0.3) is 0 Å². The van der Waals surface area contributed by atoms with Gasteiger partial charge in [0.2, 0.25) is 0 Å². The van der Waals surface area contributed by atoms with Crippen LogP contribution in [-0.4, -0.2) is 22.9 Å². The van der Waals surface area contributed by atoms with Gasteiger partial charge in [0.15, 0.2) is 0 Å². The fourth-order valence-electron chi connectivity index (χ4n) is 0.302. The normalized spacial score (nSPS) is 12.5. The SMILES string of the molecule is CC(C)(C)OC(N)=O.CCC(C)O. The first-order valence-electron chi connectivity index (χ1n) is 4.35. The second-order valence-corrected chi connectivity index (χ2v) is 3.79. The smallest absolute Gasteiger partial charge is 0.405 e. The molecule has 0 aromatic heterocycles. The highest BCUT2D eigenvalue weighted by Gasteiger charge is 2.12. The summed E-state index contributed by atoms with van der Waals surface area (Å²) in [5.41, 5.74) is 4.26. The maximum absolute atomic E-state index is 10.0. The Morgan fingerprint density at radius 3 is 1.85 bits per heavy atom. The van der Waals surface area contributed by atoms with E-state index in [1.807, 2.05) is 6.92 Å². The van der Waals surface area contributed by atoms with Crippen molar-refractivity contribution in [3.63, 3.8) is 0 Å². The van der Waals surface area contributed by atoms with Crippen molar-refractivity contribution < 1.29 is 14.6 Å². The third-order valence-electron chi connectivity index (χ3n) is 0.998. The van der Waals surface area contributed by atoms with Crippen molar-refractivity contribution in [2.75, 3.05) is 0 Å². The molecule has 1 atom stereocenters. The van der Waals surface area contributed by atoms with E-state index >= 15 is 0 Å². The summed E-state index contributed by atoms with van der Waals surface area (Å²) in [6.45, 7) is 9.01. The third kappa shape index (κ3) is 24.6. The van der Waals surface area contributed by atoms with E-state index in [4.69, 9.17) is 10.8 Å². The Morgan fingerprint density at radius 1 is 1.54 bits per heavy atom. The fraction of sp³-hybridized carbons (Fsp3) is 0.889. The van der Waals surface area contributed by atoms with Crippen LogP contribution in [-0.2, 0) is 4.74 Å². The molecule has 4 heteroatoms. The van der Waals surface area contributed by atoms with Crippen molar-refractivity contribution in [3.8, 4) is 0 Å². The number of amides is 1. The summed E-state index contributed by atoms with van der Waals surface area (Å²) < 4.78 is 4.58. The Balaban J connectivity index is 0. The molecule has 0 aliphatic rings. The first-order chi connectivity index (χ1) is 5.69. The molecule has 0 spiro atoms. The number of primary amides is 1. The van der Waals surface area contributed by atoms with E-state index < -0.39 is 11.7 Å². The summed E-state index contributed by atoms with van der Waals surface area (Å²) in [4.78, 5) is 10.0. The fourth-order valence-corrected chi connectivity index (χ4v) is 0.302. The minimum atomic E-state index is -0.725. The summed E-state index contributed by atoms with van der Waals surface area (Å²) in [5, 5.41) is 8.36. The number of carbonyl (C=O) groups is 1. The second kappa shape index (κ2) is 6.71. The van der Waals surface area contributed by atoms with Crippen LogP contribution in [0.5, 0.6) is 0 Å². The molecule has 0 radical (unpaired) electrons. The quantitative estimate of drug-likeness (QED) is 0.662. The zero-order chi connectivity index (χ0) is 11.1. The summed E-state index contributed by atoms with van der Waals surface area (Å²) in [5.74, 6) is 0. The maximum atomic E-state index is 10.0.